The van der Waals surface area contributed by atoms with Crippen molar-refractivity contribution in [2.24, 2.45) is 0 Å². The number of nitrogens with zero attached hydrogens (tertiary/aromatic N) is 2. The number of rotatable bonds is 6. The summed E-state index contributed by atoms with van der Waals surface area (Å²) in [5, 5.41) is 7.24. The van der Waals surface area contributed by atoms with Crippen LogP contribution in [0.5, 0.6) is 0 Å². The first kappa shape index (κ1) is 14.3. The standard InChI is InChI=1S/C12H19F2N3O2/c1-12(5-2-3-6-15-12)11-16-10(17-19-11)4-7-18-8-9(13)14/h9,15H,2-8H2,1H3. The van der Waals surface area contributed by atoms with Crippen LogP contribution < -0.4 is 5.32 Å². The molecule has 1 aliphatic heterocycles. The summed E-state index contributed by atoms with van der Waals surface area (Å²) in [6.45, 7) is 2.60. The molecule has 0 aliphatic carbocycles. The van der Waals surface area contributed by atoms with Crippen molar-refractivity contribution in [2.75, 3.05) is 19.8 Å². The molecule has 108 valence electrons. The molecule has 1 unspecified atom stereocenters. The Morgan fingerprint density at radius 2 is 2.32 bits per heavy atom. The maximum absolute atomic E-state index is 11.9. The van der Waals surface area contributed by atoms with Crippen molar-refractivity contribution >= 4 is 0 Å². The van der Waals surface area contributed by atoms with Crippen molar-refractivity contribution in [3.63, 3.8) is 0 Å². The van der Waals surface area contributed by atoms with Crippen LogP contribution in [0.15, 0.2) is 4.52 Å². The average Bonchev–Trinajstić information content (AvgIpc) is 2.85. The van der Waals surface area contributed by atoms with Crippen LogP contribution >= 0.6 is 0 Å². The van der Waals surface area contributed by atoms with Gasteiger partial charge in [0.05, 0.1) is 12.1 Å². The smallest absolute Gasteiger partial charge is 0.261 e. The van der Waals surface area contributed by atoms with E-state index >= 15 is 0 Å². The third-order valence-electron chi connectivity index (χ3n) is 3.27. The zero-order valence-corrected chi connectivity index (χ0v) is 11.0. The van der Waals surface area contributed by atoms with E-state index in [1.54, 1.807) is 0 Å². The SMILES string of the molecule is CC1(c2nc(CCOCC(F)F)no2)CCCCN1. The van der Waals surface area contributed by atoms with Crippen LogP contribution in [-0.2, 0) is 16.7 Å². The molecule has 0 saturated carbocycles. The number of ether oxygens (including phenoxy) is 1. The maximum atomic E-state index is 11.9. The maximum Gasteiger partial charge on any atom is 0.261 e. The summed E-state index contributed by atoms with van der Waals surface area (Å²) >= 11 is 0. The molecule has 1 aliphatic rings. The van der Waals surface area contributed by atoms with Gasteiger partial charge < -0.3 is 14.6 Å². The van der Waals surface area contributed by atoms with Gasteiger partial charge in [-0.1, -0.05) is 5.16 Å². The molecule has 7 heteroatoms. The van der Waals surface area contributed by atoms with Gasteiger partial charge in [0.2, 0.25) is 5.89 Å². The largest absolute Gasteiger partial charge is 0.375 e. The van der Waals surface area contributed by atoms with E-state index in [2.05, 4.69) is 15.5 Å². The quantitative estimate of drug-likeness (QED) is 0.803. The molecule has 2 heterocycles. The molecule has 1 N–H and O–H groups in total. The van der Waals surface area contributed by atoms with Gasteiger partial charge >= 0.3 is 0 Å². The van der Waals surface area contributed by atoms with Gasteiger partial charge in [0, 0.05) is 6.42 Å². The van der Waals surface area contributed by atoms with Crippen LogP contribution in [0.25, 0.3) is 0 Å². The lowest BCUT2D eigenvalue weighted by atomic mass is 9.91. The number of alkyl halides is 2. The van der Waals surface area contributed by atoms with E-state index in [-0.39, 0.29) is 12.1 Å². The number of halogens is 2. The Labute approximate surface area is 110 Å². The van der Waals surface area contributed by atoms with Crippen LogP contribution in [0.1, 0.15) is 37.9 Å². The van der Waals surface area contributed by atoms with Crippen LogP contribution in [0.4, 0.5) is 8.78 Å². The lowest BCUT2D eigenvalue weighted by molar-refractivity contribution is 0.0182. The molecule has 0 radical (unpaired) electrons. The number of piperidine rings is 1. The van der Waals surface area contributed by atoms with E-state index in [0.29, 0.717) is 18.1 Å². The first-order valence-electron chi connectivity index (χ1n) is 6.54. The van der Waals surface area contributed by atoms with E-state index in [1.165, 1.54) is 0 Å². The van der Waals surface area contributed by atoms with Crippen molar-refractivity contribution in [3.05, 3.63) is 11.7 Å². The Bertz CT molecular complexity index is 392. The van der Waals surface area contributed by atoms with E-state index in [4.69, 9.17) is 9.26 Å². The van der Waals surface area contributed by atoms with Crippen molar-refractivity contribution in [1.29, 1.82) is 0 Å². The van der Waals surface area contributed by atoms with Gasteiger partial charge in [0.25, 0.3) is 6.43 Å². The fourth-order valence-corrected chi connectivity index (χ4v) is 2.15. The highest BCUT2D eigenvalue weighted by atomic mass is 19.3. The number of nitrogens with one attached hydrogen (secondary N) is 1. The first-order chi connectivity index (χ1) is 9.10. The summed E-state index contributed by atoms with van der Waals surface area (Å²) in [4.78, 5) is 4.31. The van der Waals surface area contributed by atoms with Crippen LogP contribution in [0, 0.1) is 0 Å². The minimum Gasteiger partial charge on any atom is -0.375 e. The molecule has 1 saturated heterocycles. The van der Waals surface area contributed by atoms with Gasteiger partial charge in [-0.3, -0.25) is 0 Å². The van der Waals surface area contributed by atoms with Crippen molar-refractivity contribution in [1.82, 2.24) is 15.5 Å². The van der Waals surface area contributed by atoms with E-state index in [1.807, 2.05) is 6.92 Å². The van der Waals surface area contributed by atoms with Crippen LogP contribution in [-0.4, -0.2) is 36.3 Å². The highest BCUT2D eigenvalue weighted by molar-refractivity contribution is 5.03. The number of hydrogen-bond donors (Lipinski definition) is 1. The Hall–Kier alpha value is -1.08. The van der Waals surface area contributed by atoms with E-state index < -0.39 is 13.0 Å². The van der Waals surface area contributed by atoms with Crippen molar-refractivity contribution in [3.8, 4) is 0 Å². The summed E-state index contributed by atoms with van der Waals surface area (Å²) in [6, 6.07) is 0. The van der Waals surface area contributed by atoms with E-state index in [9.17, 15) is 8.78 Å². The molecule has 2 rings (SSSR count). The Balaban J connectivity index is 1.84. The molecule has 0 aromatic carbocycles. The zero-order chi connectivity index (χ0) is 13.7. The molecular weight excluding hydrogens is 256 g/mol. The fraction of sp³-hybridized carbons (Fsp3) is 0.833. The van der Waals surface area contributed by atoms with Gasteiger partial charge in [-0.05, 0) is 32.7 Å². The molecule has 1 aromatic rings. The molecule has 1 atom stereocenters. The highest BCUT2D eigenvalue weighted by Gasteiger charge is 2.33. The predicted molar refractivity (Wildman–Crippen MR) is 64.0 cm³/mol. The van der Waals surface area contributed by atoms with Crippen LogP contribution in [0.3, 0.4) is 0 Å². The molecule has 1 fully saturated rings. The number of aromatic nitrogens is 2. The summed E-state index contributed by atoms with van der Waals surface area (Å²) in [6.07, 6.45) is 1.17. The Morgan fingerprint density at radius 1 is 1.47 bits per heavy atom. The fourth-order valence-electron chi connectivity index (χ4n) is 2.15. The minimum absolute atomic E-state index is 0.174. The van der Waals surface area contributed by atoms with Crippen LogP contribution in [0.2, 0.25) is 0 Å². The molecule has 0 amide bonds. The predicted octanol–water partition coefficient (Wildman–Crippen LogP) is 1.88. The second kappa shape index (κ2) is 6.38. The highest BCUT2D eigenvalue weighted by Crippen LogP contribution is 2.28. The second-order valence-electron chi connectivity index (χ2n) is 4.95. The second-order valence-corrected chi connectivity index (χ2v) is 4.95. The van der Waals surface area contributed by atoms with Crippen molar-refractivity contribution < 1.29 is 18.0 Å². The van der Waals surface area contributed by atoms with Gasteiger partial charge in [0.15, 0.2) is 5.82 Å². The third kappa shape index (κ3) is 3.94. The summed E-state index contributed by atoms with van der Waals surface area (Å²) in [7, 11) is 0. The van der Waals surface area contributed by atoms with Crippen molar-refractivity contribution in [2.45, 2.75) is 44.6 Å². The summed E-state index contributed by atoms with van der Waals surface area (Å²) < 4.78 is 33.8. The lowest BCUT2D eigenvalue weighted by Crippen LogP contribution is -2.43. The average molecular weight is 275 g/mol. The zero-order valence-electron chi connectivity index (χ0n) is 11.0. The number of hydrogen-bond acceptors (Lipinski definition) is 5. The Kier molecular flexibility index (Phi) is 4.81. The van der Waals surface area contributed by atoms with E-state index in [0.717, 1.165) is 25.8 Å². The van der Waals surface area contributed by atoms with Gasteiger partial charge in [-0.2, -0.15) is 4.98 Å². The normalized spacial score (nSPS) is 24.0. The molecule has 5 nitrogen and oxygen atoms in total. The molecular formula is C12H19F2N3O2. The molecule has 0 bridgehead atoms. The molecule has 0 spiro atoms. The summed E-state index contributed by atoms with van der Waals surface area (Å²) in [5.74, 6) is 1.06. The monoisotopic (exact) mass is 275 g/mol. The Morgan fingerprint density at radius 3 is 3.00 bits per heavy atom. The minimum atomic E-state index is -2.44. The summed E-state index contributed by atoms with van der Waals surface area (Å²) in [5.41, 5.74) is -0.271. The first-order valence-corrected chi connectivity index (χ1v) is 6.54. The lowest BCUT2D eigenvalue weighted by Gasteiger charge is -2.31. The van der Waals surface area contributed by atoms with Gasteiger partial charge in [0.1, 0.15) is 6.61 Å². The molecule has 19 heavy (non-hydrogen) atoms. The molecule has 1 aromatic heterocycles. The van der Waals surface area contributed by atoms with Gasteiger partial charge in [-0.15, -0.1) is 0 Å². The third-order valence-corrected chi connectivity index (χ3v) is 3.27. The van der Waals surface area contributed by atoms with Gasteiger partial charge in [-0.25, -0.2) is 8.78 Å². The topological polar surface area (TPSA) is 60.2 Å².